The summed E-state index contributed by atoms with van der Waals surface area (Å²) in [6.07, 6.45) is 5.12. The predicted molar refractivity (Wildman–Crippen MR) is 105 cm³/mol. The number of sulfone groups is 1. The number of rotatable bonds is 4. The third-order valence-corrected chi connectivity index (χ3v) is 8.50. The molecule has 0 radical (unpaired) electrons. The number of aromatic nitrogens is 2. The highest BCUT2D eigenvalue weighted by Crippen LogP contribution is 2.33. The molecule has 1 fully saturated rings. The van der Waals surface area contributed by atoms with Crippen LogP contribution >= 0.6 is 11.3 Å². The number of hydrogen-bond donors (Lipinski definition) is 2. The third kappa shape index (κ3) is 3.80. The first-order chi connectivity index (χ1) is 12.7. The van der Waals surface area contributed by atoms with Crippen LogP contribution in [0.2, 0.25) is 0 Å². The maximum atomic E-state index is 12.5. The largest absolute Gasteiger partial charge is 0.350 e. The monoisotopic (exact) mass is 409 g/mol. The topological polar surface area (TPSA) is 109 Å². The molecule has 0 unspecified atom stereocenters. The lowest BCUT2D eigenvalue weighted by Gasteiger charge is -2.23. The van der Waals surface area contributed by atoms with E-state index >= 15 is 0 Å². The van der Waals surface area contributed by atoms with Crippen molar-refractivity contribution in [3.05, 3.63) is 26.6 Å². The highest BCUT2D eigenvalue weighted by Gasteiger charge is 2.39. The fourth-order valence-electron chi connectivity index (χ4n) is 4.07. The summed E-state index contributed by atoms with van der Waals surface area (Å²) in [5.74, 6) is 0.375. The van der Waals surface area contributed by atoms with Crippen LogP contribution in [-0.2, 0) is 33.9 Å². The number of amides is 1. The van der Waals surface area contributed by atoms with Crippen LogP contribution in [-0.4, -0.2) is 41.3 Å². The van der Waals surface area contributed by atoms with E-state index in [0.29, 0.717) is 24.1 Å². The summed E-state index contributed by atoms with van der Waals surface area (Å²) in [6.45, 7) is 1.76. The van der Waals surface area contributed by atoms with Crippen molar-refractivity contribution < 1.29 is 13.2 Å². The highest BCUT2D eigenvalue weighted by atomic mass is 32.2. The summed E-state index contributed by atoms with van der Waals surface area (Å²) in [5, 5.41) is 3.55. The zero-order valence-electron chi connectivity index (χ0n) is 15.3. The number of hydrogen-bond acceptors (Lipinski definition) is 6. The van der Waals surface area contributed by atoms with Crippen LogP contribution in [0.4, 0.5) is 0 Å². The molecule has 0 aromatic carbocycles. The van der Waals surface area contributed by atoms with E-state index in [4.69, 9.17) is 0 Å². The maximum absolute atomic E-state index is 12.5. The van der Waals surface area contributed by atoms with Gasteiger partial charge in [0.2, 0.25) is 5.91 Å². The van der Waals surface area contributed by atoms with Crippen molar-refractivity contribution in [1.82, 2.24) is 15.3 Å². The molecule has 2 N–H and O–H groups in total. The molecule has 1 aliphatic carbocycles. The number of nitrogens with zero attached hydrogens (tertiary/aromatic N) is 1. The quantitative estimate of drug-likeness (QED) is 0.795. The average molecular weight is 410 g/mol. The first-order valence-electron chi connectivity index (χ1n) is 9.30. The Kier molecular flexibility index (Phi) is 4.62. The molecule has 9 heteroatoms. The number of nitrogens with one attached hydrogen (secondary N) is 2. The number of carbonyl (C=O) groups is 1. The van der Waals surface area contributed by atoms with Crippen LogP contribution in [0.1, 0.15) is 48.9 Å². The van der Waals surface area contributed by atoms with Crippen molar-refractivity contribution >= 4 is 37.3 Å². The Morgan fingerprint density at radius 3 is 2.85 bits per heavy atom. The fraction of sp³-hybridized carbons (Fsp3) is 0.611. The van der Waals surface area contributed by atoms with E-state index in [-0.39, 0.29) is 29.4 Å². The van der Waals surface area contributed by atoms with Crippen LogP contribution in [0.5, 0.6) is 0 Å². The first kappa shape index (κ1) is 18.6. The minimum Gasteiger partial charge on any atom is -0.350 e. The second kappa shape index (κ2) is 6.70. The number of carbonyl (C=O) groups excluding carboxylic acids is 1. The van der Waals surface area contributed by atoms with Crippen LogP contribution in [0.15, 0.2) is 4.79 Å². The van der Waals surface area contributed by atoms with Gasteiger partial charge in [0.15, 0.2) is 9.84 Å². The zero-order chi connectivity index (χ0) is 19.2. The summed E-state index contributed by atoms with van der Waals surface area (Å²) in [4.78, 5) is 34.2. The Morgan fingerprint density at radius 1 is 1.33 bits per heavy atom. The minimum absolute atomic E-state index is 0.0203. The lowest BCUT2D eigenvalue weighted by molar-refractivity contribution is -0.122. The first-order valence-corrected chi connectivity index (χ1v) is 11.9. The van der Waals surface area contributed by atoms with Crippen LogP contribution in [0, 0.1) is 0 Å². The predicted octanol–water partition coefficient (Wildman–Crippen LogP) is 1.49. The normalized spacial score (nSPS) is 24.0. The van der Waals surface area contributed by atoms with Gasteiger partial charge in [-0.25, -0.2) is 13.4 Å². The molecule has 1 aliphatic heterocycles. The van der Waals surface area contributed by atoms with Crippen LogP contribution in [0.25, 0.3) is 10.2 Å². The Labute approximate surface area is 161 Å². The van der Waals surface area contributed by atoms with Gasteiger partial charge >= 0.3 is 0 Å². The smallest absolute Gasteiger partial charge is 0.259 e. The Hall–Kier alpha value is -1.74. The molecule has 4 rings (SSSR count). The SMILES string of the molecule is C[C@@]1(NC(=O)CCc2nc3sc4c(c3c(=O)[nH]2)CCCC4)CCS(=O)(=O)C1. The van der Waals surface area contributed by atoms with Crippen LogP contribution < -0.4 is 10.9 Å². The molecular weight excluding hydrogens is 386 g/mol. The number of thiophene rings is 1. The van der Waals surface area contributed by atoms with Crippen molar-refractivity contribution in [2.45, 2.75) is 57.4 Å². The summed E-state index contributed by atoms with van der Waals surface area (Å²) < 4.78 is 23.3. The average Bonchev–Trinajstić information content (AvgIpc) is 3.09. The molecule has 27 heavy (non-hydrogen) atoms. The van der Waals surface area contributed by atoms with Gasteiger partial charge in [-0.05, 0) is 44.6 Å². The maximum Gasteiger partial charge on any atom is 0.259 e. The molecule has 2 aromatic rings. The fourth-order valence-corrected chi connectivity index (χ4v) is 7.44. The number of fused-ring (bicyclic) bond motifs is 3. The second-order valence-electron chi connectivity index (χ2n) is 7.85. The number of H-pyrrole nitrogens is 1. The molecule has 0 saturated carbocycles. The summed E-state index contributed by atoms with van der Waals surface area (Å²) in [5.41, 5.74) is 0.325. The van der Waals surface area contributed by atoms with Crippen molar-refractivity contribution in [3.63, 3.8) is 0 Å². The molecule has 7 nitrogen and oxygen atoms in total. The molecule has 2 aromatic heterocycles. The van der Waals surface area contributed by atoms with Crippen molar-refractivity contribution in [3.8, 4) is 0 Å². The standard InChI is InChI=1S/C18H23N3O4S2/c1-18(8-9-27(24,25)10-18)21-14(22)7-6-13-19-16(23)15-11-4-2-3-5-12(11)26-17(15)20-13/h2-10H2,1H3,(H,21,22)(H,19,20,23)/t18-/m1/s1. The third-order valence-electron chi connectivity index (χ3n) is 5.41. The Morgan fingerprint density at radius 2 is 2.11 bits per heavy atom. The molecule has 0 spiro atoms. The lowest BCUT2D eigenvalue weighted by atomic mass is 9.97. The molecule has 2 aliphatic rings. The summed E-state index contributed by atoms with van der Waals surface area (Å²) in [7, 11) is -3.07. The van der Waals surface area contributed by atoms with E-state index in [1.807, 2.05) is 0 Å². The van der Waals surface area contributed by atoms with Gasteiger partial charge in [-0.15, -0.1) is 11.3 Å². The molecule has 3 heterocycles. The van der Waals surface area contributed by atoms with E-state index in [9.17, 15) is 18.0 Å². The van der Waals surface area contributed by atoms with Crippen molar-refractivity contribution in [1.29, 1.82) is 0 Å². The van der Waals surface area contributed by atoms with E-state index < -0.39 is 15.4 Å². The van der Waals surface area contributed by atoms with E-state index in [1.54, 1.807) is 18.3 Å². The second-order valence-corrected chi connectivity index (χ2v) is 11.1. The van der Waals surface area contributed by atoms with Gasteiger partial charge in [-0.2, -0.15) is 0 Å². The minimum atomic E-state index is -3.07. The van der Waals surface area contributed by atoms with E-state index in [0.717, 1.165) is 36.1 Å². The number of aryl methyl sites for hydroxylation is 3. The van der Waals surface area contributed by atoms with Crippen molar-refractivity contribution in [2.24, 2.45) is 0 Å². The van der Waals surface area contributed by atoms with Gasteiger partial charge in [0.25, 0.3) is 5.56 Å². The van der Waals surface area contributed by atoms with Gasteiger partial charge in [0.1, 0.15) is 10.7 Å². The van der Waals surface area contributed by atoms with E-state index in [2.05, 4.69) is 15.3 Å². The highest BCUT2D eigenvalue weighted by molar-refractivity contribution is 7.91. The Bertz CT molecular complexity index is 1070. The summed E-state index contributed by atoms with van der Waals surface area (Å²) in [6, 6.07) is 0. The van der Waals surface area contributed by atoms with Gasteiger partial charge < -0.3 is 10.3 Å². The zero-order valence-corrected chi connectivity index (χ0v) is 16.9. The molecule has 1 amide bonds. The number of aromatic amines is 1. The van der Waals surface area contributed by atoms with Crippen LogP contribution in [0.3, 0.4) is 0 Å². The molecule has 0 bridgehead atoms. The van der Waals surface area contributed by atoms with Gasteiger partial charge in [0.05, 0.1) is 22.4 Å². The molecular formula is C18H23N3O4S2. The summed E-state index contributed by atoms with van der Waals surface area (Å²) >= 11 is 1.59. The van der Waals surface area contributed by atoms with Gasteiger partial charge in [-0.3, -0.25) is 9.59 Å². The molecule has 1 saturated heterocycles. The molecule has 146 valence electrons. The molecule has 1 atom stereocenters. The van der Waals surface area contributed by atoms with Gasteiger partial charge in [-0.1, -0.05) is 0 Å². The lowest BCUT2D eigenvalue weighted by Crippen LogP contribution is -2.47. The van der Waals surface area contributed by atoms with E-state index in [1.165, 1.54) is 4.88 Å². The van der Waals surface area contributed by atoms with Crippen molar-refractivity contribution in [2.75, 3.05) is 11.5 Å². The van der Waals surface area contributed by atoms with Gasteiger partial charge in [0, 0.05) is 17.7 Å². The Balaban J connectivity index is 1.46.